The normalized spacial score (nSPS) is 17.9. The molecular weight excluding hydrogens is 418 g/mol. The Labute approximate surface area is 186 Å². The summed E-state index contributed by atoms with van der Waals surface area (Å²) in [7, 11) is 0. The van der Waals surface area contributed by atoms with E-state index < -0.39 is 17.3 Å². The highest BCUT2D eigenvalue weighted by Gasteiger charge is 2.47. The molecule has 0 saturated heterocycles. The number of carbonyl (C=O) groups excluding carboxylic acids is 1. The van der Waals surface area contributed by atoms with Crippen LogP contribution in [-0.4, -0.2) is 28.2 Å². The molecule has 1 heterocycles. The first-order valence-electron chi connectivity index (χ1n) is 10.4. The summed E-state index contributed by atoms with van der Waals surface area (Å²) in [4.78, 5) is 13.2. The number of Topliss-reactive ketones (excluding diaryl/α,β-unsaturated/α-hetero) is 1. The van der Waals surface area contributed by atoms with E-state index in [0.29, 0.717) is 30.4 Å². The Morgan fingerprint density at radius 3 is 2.09 bits per heavy atom. The Balaban J connectivity index is 1.99. The largest absolute Gasteiger partial charge is 0.508 e. The van der Waals surface area contributed by atoms with Crippen molar-refractivity contribution in [2.24, 2.45) is 0 Å². The highest BCUT2D eigenvalue weighted by atomic mass is 19.3. The lowest BCUT2D eigenvalue weighted by Crippen LogP contribution is -2.49. The summed E-state index contributed by atoms with van der Waals surface area (Å²) in [5.74, 6) is 0.407. The zero-order valence-electron chi connectivity index (χ0n) is 19.1. The summed E-state index contributed by atoms with van der Waals surface area (Å²) >= 11 is 0. The molecule has 0 atom stereocenters. The maximum absolute atomic E-state index is 13.2. The van der Waals surface area contributed by atoms with Crippen LogP contribution in [0, 0.1) is 0 Å². The lowest BCUT2D eigenvalue weighted by molar-refractivity contribution is -0.159. The van der Waals surface area contributed by atoms with Gasteiger partial charge in [-0.1, -0.05) is 13.0 Å². The van der Waals surface area contributed by atoms with Gasteiger partial charge < -0.3 is 19.3 Å². The fourth-order valence-corrected chi connectivity index (χ4v) is 3.77. The molecule has 0 spiro atoms. The van der Waals surface area contributed by atoms with Gasteiger partial charge in [0.2, 0.25) is 0 Å². The zero-order chi connectivity index (χ0) is 23.9. The quantitative estimate of drug-likeness (QED) is 0.552. The number of benzene rings is 2. The second-order valence-electron chi connectivity index (χ2n) is 8.83. The number of rotatable bonds is 6. The molecule has 0 saturated carbocycles. The SMILES string of the molecule is CCc1ccc(Oc2ccc(OC(C)(F)F)cc2)cc1C1=C(O)C(C)(C)OC(C)(C)C1=O. The third-order valence-electron chi connectivity index (χ3n) is 5.18. The predicted octanol–water partition coefficient (Wildman–Crippen LogP) is 6.46. The Hall–Kier alpha value is -2.93. The molecule has 2 aromatic rings. The number of aliphatic hydroxyl groups excluding tert-OH is 1. The van der Waals surface area contributed by atoms with Crippen LogP contribution in [0.25, 0.3) is 5.57 Å². The van der Waals surface area contributed by atoms with Gasteiger partial charge in [0.15, 0.2) is 5.78 Å². The molecule has 0 amide bonds. The van der Waals surface area contributed by atoms with E-state index in [1.807, 2.05) is 13.0 Å². The molecule has 0 aliphatic carbocycles. The van der Waals surface area contributed by atoms with E-state index in [-0.39, 0.29) is 22.9 Å². The molecule has 0 bridgehead atoms. The molecule has 0 unspecified atom stereocenters. The fraction of sp³-hybridized carbons (Fsp3) is 0.400. The highest BCUT2D eigenvalue weighted by molar-refractivity contribution is 6.26. The Morgan fingerprint density at radius 1 is 0.969 bits per heavy atom. The van der Waals surface area contributed by atoms with Gasteiger partial charge in [-0.15, -0.1) is 0 Å². The topological polar surface area (TPSA) is 65.0 Å². The van der Waals surface area contributed by atoms with E-state index in [0.717, 1.165) is 5.56 Å². The molecule has 0 aromatic heterocycles. The predicted molar refractivity (Wildman–Crippen MR) is 117 cm³/mol. The van der Waals surface area contributed by atoms with Gasteiger partial charge in [-0.25, -0.2) is 0 Å². The van der Waals surface area contributed by atoms with Crippen LogP contribution in [0.4, 0.5) is 8.78 Å². The number of ketones is 1. The number of ether oxygens (including phenoxy) is 3. The highest BCUT2D eigenvalue weighted by Crippen LogP contribution is 2.42. The Kier molecular flexibility index (Phi) is 6.08. The average molecular weight is 446 g/mol. The number of aryl methyl sites for hydroxylation is 1. The van der Waals surface area contributed by atoms with E-state index in [1.54, 1.807) is 39.8 Å². The van der Waals surface area contributed by atoms with Crippen molar-refractivity contribution in [1.29, 1.82) is 0 Å². The lowest BCUT2D eigenvalue weighted by Gasteiger charge is -2.40. The summed E-state index contributed by atoms with van der Waals surface area (Å²) in [5, 5.41) is 10.9. The summed E-state index contributed by atoms with van der Waals surface area (Å²) in [6.07, 6.45) is -2.64. The molecule has 7 heteroatoms. The fourth-order valence-electron chi connectivity index (χ4n) is 3.77. The molecule has 32 heavy (non-hydrogen) atoms. The molecular formula is C25H28F2O5. The van der Waals surface area contributed by atoms with Gasteiger partial charge >= 0.3 is 6.11 Å². The van der Waals surface area contributed by atoms with Gasteiger partial charge in [0, 0.05) is 6.92 Å². The van der Waals surface area contributed by atoms with Crippen molar-refractivity contribution in [3.05, 3.63) is 59.4 Å². The maximum atomic E-state index is 13.2. The maximum Gasteiger partial charge on any atom is 0.394 e. The van der Waals surface area contributed by atoms with Crippen LogP contribution in [0.5, 0.6) is 17.2 Å². The monoisotopic (exact) mass is 446 g/mol. The van der Waals surface area contributed by atoms with Crippen LogP contribution < -0.4 is 9.47 Å². The minimum atomic E-state index is -3.28. The molecule has 1 aliphatic rings. The average Bonchev–Trinajstić information content (AvgIpc) is 2.67. The van der Waals surface area contributed by atoms with Crippen molar-refractivity contribution in [3.8, 4) is 17.2 Å². The van der Waals surface area contributed by atoms with Gasteiger partial charge in [0.05, 0.1) is 5.57 Å². The first kappa shape index (κ1) is 23.7. The number of hydrogen-bond donors (Lipinski definition) is 1. The van der Waals surface area contributed by atoms with Crippen LogP contribution in [0.2, 0.25) is 0 Å². The van der Waals surface area contributed by atoms with Crippen LogP contribution in [0.1, 0.15) is 52.7 Å². The third-order valence-corrected chi connectivity index (χ3v) is 5.18. The Morgan fingerprint density at radius 2 is 1.53 bits per heavy atom. The second-order valence-corrected chi connectivity index (χ2v) is 8.83. The van der Waals surface area contributed by atoms with E-state index >= 15 is 0 Å². The zero-order valence-corrected chi connectivity index (χ0v) is 19.1. The van der Waals surface area contributed by atoms with Crippen LogP contribution >= 0.6 is 0 Å². The second kappa shape index (κ2) is 8.20. The molecule has 0 radical (unpaired) electrons. The van der Waals surface area contributed by atoms with Crippen LogP contribution in [-0.2, 0) is 16.0 Å². The lowest BCUT2D eigenvalue weighted by atomic mass is 9.81. The summed E-state index contributed by atoms with van der Waals surface area (Å²) < 4.78 is 42.2. The molecule has 1 N–H and O–H groups in total. The molecule has 1 aliphatic heterocycles. The van der Waals surface area contributed by atoms with Crippen molar-refractivity contribution >= 4 is 11.4 Å². The molecule has 0 fully saturated rings. The van der Waals surface area contributed by atoms with Crippen LogP contribution in [0.3, 0.4) is 0 Å². The van der Waals surface area contributed by atoms with Gasteiger partial charge in [-0.3, -0.25) is 4.79 Å². The summed E-state index contributed by atoms with van der Waals surface area (Å²) in [5.41, 5.74) is -0.490. The van der Waals surface area contributed by atoms with Gasteiger partial charge in [0.1, 0.15) is 34.2 Å². The minimum absolute atomic E-state index is 0.0132. The minimum Gasteiger partial charge on any atom is -0.508 e. The number of aliphatic hydroxyl groups is 1. The smallest absolute Gasteiger partial charge is 0.394 e. The number of halogens is 2. The first-order chi connectivity index (χ1) is 14.7. The standard InChI is InChI=1S/C25H28F2O5/c1-7-15-8-9-18(30-16-10-12-17(13-11-16)31-25(6,26)27)14-19(15)20-21(28)23(2,3)32-24(4,5)22(20)29/h8-14,28H,7H2,1-6H3. The van der Waals surface area contributed by atoms with Gasteiger partial charge in [0.25, 0.3) is 0 Å². The van der Waals surface area contributed by atoms with Crippen LogP contribution in [0.15, 0.2) is 48.2 Å². The third kappa shape index (κ3) is 4.93. The first-order valence-corrected chi connectivity index (χ1v) is 10.4. The molecule has 3 rings (SSSR count). The molecule has 172 valence electrons. The van der Waals surface area contributed by atoms with Gasteiger partial charge in [-0.05, 0) is 81.6 Å². The van der Waals surface area contributed by atoms with E-state index in [9.17, 15) is 18.7 Å². The van der Waals surface area contributed by atoms with E-state index in [2.05, 4.69) is 4.74 Å². The summed E-state index contributed by atoms with van der Waals surface area (Å²) in [6.45, 7) is 9.41. The number of alkyl halides is 2. The van der Waals surface area contributed by atoms with Gasteiger partial charge in [-0.2, -0.15) is 8.78 Å². The number of hydrogen-bond acceptors (Lipinski definition) is 5. The number of carbonyl (C=O) groups is 1. The van der Waals surface area contributed by atoms with E-state index in [1.165, 1.54) is 24.3 Å². The molecule has 5 nitrogen and oxygen atoms in total. The molecule has 2 aromatic carbocycles. The van der Waals surface area contributed by atoms with Crippen molar-refractivity contribution in [2.45, 2.75) is 65.3 Å². The van der Waals surface area contributed by atoms with Crippen molar-refractivity contribution in [1.82, 2.24) is 0 Å². The summed E-state index contributed by atoms with van der Waals surface area (Å²) in [6, 6.07) is 11.1. The Bertz CT molecular complexity index is 1050. The van der Waals surface area contributed by atoms with Crippen molar-refractivity contribution in [2.75, 3.05) is 0 Å². The van der Waals surface area contributed by atoms with Crippen molar-refractivity contribution in [3.63, 3.8) is 0 Å². The van der Waals surface area contributed by atoms with E-state index in [4.69, 9.17) is 9.47 Å². The van der Waals surface area contributed by atoms with Crippen molar-refractivity contribution < 1.29 is 32.9 Å².